The van der Waals surface area contributed by atoms with Crippen molar-refractivity contribution >= 4 is 64.4 Å². The molecule has 2 saturated carbocycles. The summed E-state index contributed by atoms with van der Waals surface area (Å²) in [5.41, 5.74) is -1.01. The first kappa shape index (κ1) is 36.6. The van der Waals surface area contributed by atoms with E-state index in [2.05, 4.69) is 37.3 Å². The zero-order valence-corrected chi connectivity index (χ0v) is 30.8. The number of rotatable bonds is 12. The number of aromatic nitrogens is 3. The number of nitrogens with one attached hydrogen (secondary N) is 4. The van der Waals surface area contributed by atoms with E-state index < -0.39 is 28.4 Å². The molecule has 0 unspecified atom stereocenters. The number of amides is 5. The van der Waals surface area contributed by atoms with Gasteiger partial charge in [-0.1, -0.05) is 41.4 Å². The summed E-state index contributed by atoms with van der Waals surface area (Å²) in [6.45, 7) is 3.61. The molecule has 3 aliphatic rings. The summed E-state index contributed by atoms with van der Waals surface area (Å²) in [5.74, 6) is -1.79. The van der Waals surface area contributed by atoms with Crippen molar-refractivity contribution in [3.05, 3.63) is 105 Å². The normalized spacial score (nSPS) is 18.6. The lowest BCUT2D eigenvalue weighted by molar-refractivity contribution is -0.125. The minimum Gasteiger partial charge on any atom is -0.355 e. The number of hydrogen-bond acceptors (Lipinski definition) is 8. The van der Waals surface area contributed by atoms with Gasteiger partial charge in [-0.25, -0.2) is 14.9 Å². The molecule has 2 aromatic heterocycles. The highest BCUT2D eigenvalue weighted by atomic mass is 35.5. The van der Waals surface area contributed by atoms with E-state index in [1.165, 1.54) is 18.0 Å². The van der Waals surface area contributed by atoms with E-state index in [4.69, 9.17) is 23.2 Å². The number of nitrogens with zero attached hydrogens (tertiary/aromatic N) is 5. The van der Waals surface area contributed by atoms with Crippen LogP contribution in [0, 0.1) is 11.3 Å². The minimum absolute atomic E-state index is 0.0733. The Morgan fingerprint density at radius 3 is 2.22 bits per heavy atom. The third kappa shape index (κ3) is 6.88. The van der Waals surface area contributed by atoms with Gasteiger partial charge in [0.1, 0.15) is 22.5 Å². The number of benzene rings is 2. The number of nitriles is 1. The maximum absolute atomic E-state index is 14.4. The molecule has 7 rings (SSSR count). The Labute approximate surface area is 320 Å². The zero-order valence-electron chi connectivity index (χ0n) is 29.3. The first-order valence-corrected chi connectivity index (χ1v) is 18.1. The second kappa shape index (κ2) is 13.9. The summed E-state index contributed by atoms with van der Waals surface area (Å²) in [4.78, 5) is 76.8. The predicted octanol–water partition coefficient (Wildman–Crippen LogP) is 4.03. The van der Waals surface area contributed by atoms with Crippen molar-refractivity contribution in [3.63, 3.8) is 0 Å². The Morgan fingerprint density at radius 1 is 0.907 bits per heavy atom. The summed E-state index contributed by atoms with van der Waals surface area (Å²) < 4.78 is 1.57. The van der Waals surface area contributed by atoms with Gasteiger partial charge in [0.2, 0.25) is 17.8 Å². The van der Waals surface area contributed by atoms with Gasteiger partial charge < -0.3 is 21.3 Å². The first-order chi connectivity index (χ1) is 25.8. The fraction of sp³-hybridized carbons (Fsp3) is 0.316. The van der Waals surface area contributed by atoms with Gasteiger partial charge in [-0.05, 0) is 80.6 Å². The fourth-order valence-corrected chi connectivity index (χ4v) is 7.29. The van der Waals surface area contributed by atoms with Crippen LogP contribution in [0.3, 0.4) is 0 Å². The third-order valence-electron chi connectivity index (χ3n) is 9.97. The van der Waals surface area contributed by atoms with Crippen LogP contribution in [0.5, 0.6) is 0 Å². The Kier molecular flexibility index (Phi) is 9.41. The van der Waals surface area contributed by atoms with Crippen LogP contribution in [0.2, 0.25) is 10.0 Å². The van der Waals surface area contributed by atoms with Crippen molar-refractivity contribution in [1.82, 2.24) is 35.8 Å². The Bertz CT molecular complexity index is 2240. The lowest BCUT2D eigenvalue weighted by Crippen LogP contribution is -2.52. The maximum atomic E-state index is 14.4. The Hall–Kier alpha value is -5.78. The molecule has 2 aliphatic carbocycles. The topological polar surface area (TPSA) is 191 Å². The van der Waals surface area contributed by atoms with Crippen molar-refractivity contribution in [3.8, 4) is 6.07 Å². The minimum atomic E-state index is -1.36. The van der Waals surface area contributed by atoms with Crippen molar-refractivity contribution in [1.29, 1.82) is 5.26 Å². The highest BCUT2D eigenvalue weighted by Crippen LogP contribution is 2.47. The van der Waals surface area contributed by atoms with E-state index >= 15 is 0 Å². The second-order valence-corrected chi connectivity index (χ2v) is 14.9. The van der Waals surface area contributed by atoms with Crippen LogP contribution in [0.1, 0.15) is 77.3 Å². The van der Waals surface area contributed by atoms with Gasteiger partial charge in [0.25, 0.3) is 17.7 Å². The molecule has 276 valence electrons. The van der Waals surface area contributed by atoms with Crippen molar-refractivity contribution < 1.29 is 24.0 Å². The molecule has 3 heterocycles. The highest BCUT2D eigenvalue weighted by Gasteiger charge is 2.57. The van der Waals surface area contributed by atoms with Crippen LogP contribution in [-0.4, -0.2) is 62.7 Å². The van der Waals surface area contributed by atoms with Crippen LogP contribution < -0.4 is 26.2 Å². The average molecular weight is 769 g/mol. The third-order valence-corrected chi connectivity index (χ3v) is 10.4. The van der Waals surface area contributed by atoms with Crippen LogP contribution in [0.15, 0.2) is 66.9 Å². The molecular formula is C38H35Cl2N9O5. The smallest absolute Gasteiger partial charge is 0.270 e. The fourth-order valence-electron chi connectivity index (χ4n) is 6.78. The van der Waals surface area contributed by atoms with E-state index in [9.17, 15) is 29.2 Å². The molecule has 0 bridgehead atoms. The molecule has 0 saturated heterocycles. The molecule has 14 nitrogen and oxygen atoms in total. The van der Waals surface area contributed by atoms with Gasteiger partial charge in [0.15, 0.2) is 0 Å². The summed E-state index contributed by atoms with van der Waals surface area (Å²) >= 11 is 12.7. The van der Waals surface area contributed by atoms with Gasteiger partial charge in [0, 0.05) is 36.5 Å². The molecule has 2 aromatic carbocycles. The number of carbonyl (C=O) groups excluding carboxylic acids is 5. The molecule has 0 radical (unpaired) electrons. The Balaban J connectivity index is 1.12. The van der Waals surface area contributed by atoms with Crippen LogP contribution >= 0.6 is 23.2 Å². The molecule has 54 heavy (non-hydrogen) atoms. The number of hydrogen-bond donors (Lipinski definition) is 4. The van der Waals surface area contributed by atoms with Gasteiger partial charge in [-0.2, -0.15) is 5.26 Å². The van der Waals surface area contributed by atoms with Gasteiger partial charge in [-0.3, -0.25) is 28.5 Å². The molecule has 1 atom stereocenters. The summed E-state index contributed by atoms with van der Waals surface area (Å²) in [5, 5.41) is 21.3. The zero-order chi connectivity index (χ0) is 38.4. The van der Waals surface area contributed by atoms with E-state index in [-0.39, 0.29) is 54.6 Å². The first-order valence-electron chi connectivity index (χ1n) is 17.3. The maximum Gasteiger partial charge on any atom is 0.270 e. The molecule has 2 fully saturated rings. The monoisotopic (exact) mass is 767 g/mol. The van der Waals surface area contributed by atoms with Gasteiger partial charge in [-0.15, -0.1) is 0 Å². The molecular weight excluding hydrogens is 733 g/mol. The number of anilines is 2. The number of pyridine rings is 1. The van der Waals surface area contributed by atoms with Crippen LogP contribution in [0.25, 0.3) is 0 Å². The average Bonchev–Trinajstić information content (AvgIpc) is 4.05. The number of fused-ring (bicyclic) bond motifs is 1. The SMILES string of the molecule is CC(=O)NCCNC(=O)c1cccc(C2(NC(=O)C3(NC(=O)c4cnc5n4[C@](C)(Cc4ccc(C#N)cc4)C(=O)N5c4cc(Cl)cc(Cl)c4)CC3)CC2)n1. The lowest BCUT2D eigenvalue weighted by Gasteiger charge is -2.27. The molecule has 4 N–H and O–H groups in total. The number of imidazole rings is 1. The molecule has 1 aliphatic heterocycles. The lowest BCUT2D eigenvalue weighted by atomic mass is 9.91. The van der Waals surface area contributed by atoms with Crippen LogP contribution in [-0.2, 0) is 31.9 Å². The second-order valence-electron chi connectivity index (χ2n) is 14.0. The number of carbonyl (C=O) groups is 5. The Morgan fingerprint density at radius 2 is 1.59 bits per heavy atom. The predicted molar refractivity (Wildman–Crippen MR) is 198 cm³/mol. The number of halogens is 2. The van der Waals surface area contributed by atoms with Crippen molar-refractivity contribution in [2.45, 2.75) is 62.6 Å². The van der Waals surface area contributed by atoms with E-state index in [1.54, 1.807) is 72.2 Å². The summed E-state index contributed by atoms with van der Waals surface area (Å²) in [6, 6.07) is 18.7. The van der Waals surface area contributed by atoms with Crippen molar-refractivity contribution in [2.24, 2.45) is 0 Å². The molecule has 0 spiro atoms. The van der Waals surface area contributed by atoms with E-state index in [0.29, 0.717) is 52.7 Å². The van der Waals surface area contributed by atoms with E-state index in [0.717, 1.165) is 5.56 Å². The van der Waals surface area contributed by atoms with Crippen molar-refractivity contribution in [2.75, 3.05) is 18.0 Å². The largest absolute Gasteiger partial charge is 0.355 e. The molecule has 16 heteroatoms. The summed E-state index contributed by atoms with van der Waals surface area (Å²) in [7, 11) is 0. The quantitative estimate of drug-likeness (QED) is 0.155. The van der Waals surface area contributed by atoms with Crippen LogP contribution in [0.4, 0.5) is 11.6 Å². The standard InChI is InChI=1S/C38H35Cl2N9O5/c1-22(50)42-14-15-43-31(51)28-4-3-5-30(45-28)37(10-11-37)47-33(53)38(12-13-38)46-32(52)29-21-44-35-48(27-17-25(39)16-26(40)18-27)34(54)36(2,49(29)35)19-23-6-8-24(20-41)9-7-23/h3-9,16-18,21H,10-15,19H2,1-2H3,(H,42,50)(H,43,51)(H,46,52)(H,47,53)/t36-/m1/s1. The van der Waals surface area contributed by atoms with E-state index in [1.807, 2.05) is 0 Å². The van der Waals surface area contributed by atoms with Gasteiger partial charge >= 0.3 is 0 Å². The molecule has 4 aromatic rings. The van der Waals surface area contributed by atoms with Gasteiger partial charge in [0.05, 0.1) is 34.7 Å². The summed E-state index contributed by atoms with van der Waals surface area (Å²) in [6.07, 6.45) is 3.50. The highest BCUT2D eigenvalue weighted by molar-refractivity contribution is 6.35. The molecule has 5 amide bonds.